The molecule has 6 nitrogen and oxygen atoms in total. The van der Waals surface area contributed by atoms with Crippen molar-refractivity contribution in [3.05, 3.63) is 18.0 Å². The first-order valence-electron chi connectivity index (χ1n) is 5.53. The highest BCUT2D eigenvalue weighted by molar-refractivity contribution is 5.83. The van der Waals surface area contributed by atoms with Gasteiger partial charge in [0.15, 0.2) is 6.04 Å². The Kier molecular flexibility index (Phi) is 4.25. The van der Waals surface area contributed by atoms with Crippen molar-refractivity contribution in [2.75, 3.05) is 6.54 Å². The molecule has 0 saturated carbocycles. The molecule has 17 heavy (non-hydrogen) atoms. The van der Waals surface area contributed by atoms with Crippen LogP contribution in [0.15, 0.2) is 12.4 Å². The van der Waals surface area contributed by atoms with Crippen molar-refractivity contribution in [2.45, 2.75) is 33.4 Å². The Morgan fingerprint density at radius 2 is 2.18 bits per heavy atom. The van der Waals surface area contributed by atoms with Crippen LogP contribution in [0.2, 0.25) is 0 Å². The number of carboxylic acid groups (broad SMARTS) is 1. The third kappa shape index (κ3) is 2.83. The molecule has 0 radical (unpaired) electrons. The van der Waals surface area contributed by atoms with Crippen LogP contribution in [0.3, 0.4) is 0 Å². The number of carbonyl (C=O) groups is 2. The highest BCUT2D eigenvalue weighted by atomic mass is 16.4. The van der Waals surface area contributed by atoms with Gasteiger partial charge in [0.25, 0.3) is 0 Å². The highest BCUT2D eigenvalue weighted by Gasteiger charge is 2.29. The molecule has 1 aromatic heterocycles. The number of hydrogen-bond donors (Lipinski definition) is 1. The van der Waals surface area contributed by atoms with Crippen LogP contribution >= 0.6 is 0 Å². The zero-order chi connectivity index (χ0) is 13.0. The zero-order valence-corrected chi connectivity index (χ0v) is 10.3. The number of hydrogen-bond acceptors (Lipinski definition) is 3. The van der Waals surface area contributed by atoms with Crippen molar-refractivity contribution < 1.29 is 14.7 Å². The smallest absolute Gasteiger partial charge is 0.331 e. The summed E-state index contributed by atoms with van der Waals surface area (Å²) in [6, 6.07) is -0.960. The molecule has 0 fully saturated rings. The van der Waals surface area contributed by atoms with E-state index >= 15 is 0 Å². The molecule has 1 aromatic rings. The van der Waals surface area contributed by atoms with Crippen LogP contribution < -0.4 is 0 Å². The van der Waals surface area contributed by atoms with E-state index in [0.717, 1.165) is 0 Å². The molecule has 1 amide bonds. The summed E-state index contributed by atoms with van der Waals surface area (Å²) in [6.45, 7) is 6.04. The molecule has 1 unspecified atom stereocenters. The SMILES string of the molecule is CCN(C(C)=O)C(C(=O)O)c1cnn(CC)c1. The number of carbonyl (C=O) groups excluding carboxylic acids is 1. The van der Waals surface area contributed by atoms with Crippen molar-refractivity contribution in [1.82, 2.24) is 14.7 Å². The van der Waals surface area contributed by atoms with E-state index in [2.05, 4.69) is 5.10 Å². The van der Waals surface area contributed by atoms with Gasteiger partial charge in [-0.15, -0.1) is 0 Å². The van der Waals surface area contributed by atoms with Gasteiger partial charge in [0.2, 0.25) is 5.91 Å². The third-order valence-electron chi connectivity index (χ3n) is 2.58. The number of likely N-dealkylation sites (N-methyl/N-ethyl adjacent to an activating group) is 1. The third-order valence-corrected chi connectivity index (χ3v) is 2.58. The van der Waals surface area contributed by atoms with Gasteiger partial charge in [-0.05, 0) is 13.8 Å². The number of aryl methyl sites for hydroxylation is 1. The average molecular weight is 239 g/mol. The predicted octanol–water partition coefficient (Wildman–Crippen LogP) is 0.897. The van der Waals surface area contributed by atoms with Crippen molar-refractivity contribution in [3.63, 3.8) is 0 Å². The van der Waals surface area contributed by atoms with Crippen LogP contribution in [0.25, 0.3) is 0 Å². The van der Waals surface area contributed by atoms with Crippen LogP contribution in [0.1, 0.15) is 32.4 Å². The number of carboxylic acids is 1. The van der Waals surface area contributed by atoms with Crippen LogP contribution in [0, 0.1) is 0 Å². The predicted molar refractivity (Wildman–Crippen MR) is 61.3 cm³/mol. The lowest BCUT2D eigenvalue weighted by Crippen LogP contribution is -2.37. The largest absolute Gasteiger partial charge is 0.479 e. The fraction of sp³-hybridized carbons (Fsp3) is 0.545. The Balaban J connectivity index is 3.07. The van der Waals surface area contributed by atoms with Crippen molar-refractivity contribution in [3.8, 4) is 0 Å². The van der Waals surface area contributed by atoms with E-state index in [9.17, 15) is 14.7 Å². The number of rotatable bonds is 5. The van der Waals surface area contributed by atoms with E-state index in [1.54, 1.807) is 17.8 Å². The van der Waals surface area contributed by atoms with Gasteiger partial charge in [0, 0.05) is 31.8 Å². The van der Waals surface area contributed by atoms with E-state index < -0.39 is 12.0 Å². The molecule has 1 rings (SSSR count). The Morgan fingerprint density at radius 3 is 2.53 bits per heavy atom. The lowest BCUT2D eigenvalue weighted by atomic mass is 10.1. The minimum Gasteiger partial charge on any atom is -0.479 e. The number of nitrogens with zero attached hydrogens (tertiary/aromatic N) is 3. The van der Waals surface area contributed by atoms with Crippen LogP contribution in [0.4, 0.5) is 0 Å². The summed E-state index contributed by atoms with van der Waals surface area (Å²) in [4.78, 5) is 24.0. The first-order valence-corrected chi connectivity index (χ1v) is 5.53. The van der Waals surface area contributed by atoms with Gasteiger partial charge in [0.05, 0.1) is 6.20 Å². The maximum Gasteiger partial charge on any atom is 0.331 e. The molecule has 6 heteroatoms. The van der Waals surface area contributed by atoms with Gasteiger partial charge in [-0.3, -0.25) is 9.48 Å². The van der Waals surface area contributed by atoms with Crippen LogP contribution in [0.5, 0.6) is 0 Å². The molecule has 0 saturated heterocycles. The Bertz CT molecular complexity index is 414. The highest BCUT2D eigenvalue weighted by Crippen LogP contribution is 2.20. The van der Waals surface area contributed by atoms with Crippen molar-refractivity contribution in [2.24, 2.45) is 0 Å². The molecule has 1 N–H and O–H groups in total. The second kappa shape index (κ2) is 5.47. The summed E-state index contributed by atoms with van der Waals surface area (Å²) >= 11 is 0. The minimum absolute atomic E-state index is 0.260. The number of aliphatic carboxylic acids is 1. The topological polar surface area (TPSA) is 75.4 Å². The first-order chi connectivity index (χ1) is 8.01. The molecule has 0 bridgehead atoms. The summed E-state index contributed by atoms with van der Waals surface area (Å²) in [5.74, 6) is -1.30. The average Bonchev–Trinajstić information content (AvgIpc) is 2.72. The monoisotopic (exact) mass is 239 g/mol. The normalized spacial score (nSPS) is 12.2. The minimum atomic E-state index is -1.04. The number of amides is 1. The second-order valence-electron chi connectivity index (χ2n) is 3.68. The standard InChI is InChI=1S/C11H17N3O3/c1-4-13-7-9(6-12-13)10(11(16)17)14(5-2)8(3)15/h6-7,10H,4-5H2,1-3H3,(H,16,17). The summed E-state index contributed by atoms with van der Waals surface area (Å²) in [6.07, 6.45) is 3.15. The second-order valence-corrected chi connectivity index (χ2v) is 3.68. The first kappa shape index (κ1) is 13.2. The molecule has 1 atom stereocenters. The summed E-state index contributed by atoms with van der Waals surface area (Å²) in [5, 5.41) is 13.3. The molecule has 0 aliphatic rings. The zero-order valence-electron chi connectivity index (χ0n) is 10.3. The molecule has 1 heterocycles. The fourth-order valence-electron chi connectivity index (χ4n) is 1.74. The maximum atomic E-state index is 11.4. The van der Waals surface area contributed by atoms with E-state index in [1.165, 1.54) is 18.0 Å². The van der Waals surface area contributed by atoms with Crippen LogP contribution in [-0.4, -0.2) is 38.2 Å². The van der Waals surface area contributed by atoms with Gasteiger partial charge >= 0.3 is 5.97 Å². The van der Waals surface area contributed by atoms with Gasteiger partial charge in [0.1, 0.15) is 0 Å². The Hall–Kier alpha value is -1.85. The molecule has 0 aliphatic heterocycles. The Morgan fingerprint density at radius 1 is 1.53 bits per heavy atom. The van der Waals surface area contributed by atoms with Gasteiger partial charge in [-0.1, -0.05) is 0 Å². The van der Waals surface area contributed by atoms with Crippen LogP contribution in [-0.2, 0) is 16.1 Å². The fourth-order valence-corrected chi connectivity index (χ4v) is 1.74. The van der Waals surface area contributed by atoms with Crippen molar-refractivity contribution >= 4 is 11.9 Å². The van der Waals surface area contributed by atoms with Crippen molar-refractivity contribution in [1.29, 1.82) is 0 Å². The van der Waals surface area contributed by atoms with E-state index in [0.29, 0.717) is 18.7 Å². The molecule has 0 aliphatic carbocycles. The molecule has 0 aromatic carbocycles. The van der Waals surface area contributed by atoms with E-state index in [-0.39, 0.29) is 5.91 Å². The molecule has 94 valence electrons. The summed E-state index contributed by atoms with van der Waals surface area (Å²) < 4.78 is 1.64. The molecular formula is C11H17N3O3. The van der Waals surface area contributed by atoms with E-state index in [1.807, 2.05) is 6.92 Å². The lowest BCUT2D eigenvalue weighted by Gasteiger charge is -2.25. The number of aromatic nitrogens is 2. The molecule has 0 spiro atoms. The van der Waals surface area contributed by atoms with Gasteiger partial charge in [-0.2, -0.15) is 5.10 Å². The Labute approximate surface area is 99.8 Å². The van der Waals surface area contributed by atoms with E-state index in [4.69, 9.17) is 0 Å². The van der Waals surface area contributed by atoms with Gasteiger partial charge in [-0.25, -0.2) is 4.79 Å². The van der Waals surface area contributed by atoms with Gasteiger partial charge < -0.3 is 10.0 Å². The quantitative estimate of drug-likeness (QED) is 0.828. The molecular weight excluding hydrogens is 222 g/mol. The summed E-state index contributed by atoms with van der Waals surface area (Å²) in [5.41, 5.74) is 0.524. The lowest BCUT2D eigenvalue weighted by molar-refractivity contribution is -0.149. The summed E-state index contributed by atoms with van der Waals surface area (Å²) in [7, 11) is 0. The maximum absolute atomic E-state index is 11.4.